The Morgan fingerprint density at radius 1 is 0.720 bits per heavy atom. The average molecular weight is 1310 g/mol. The first-order chi connectivity index (χ1) is 43.9. The molecule has 29 atom stereocenters. The molecule has 10 aliphatic rings. The van der Waals surface area contributed by atoms with Crippen molar-refractivity contribution in [2.75, 3.05) is 7.11 Å². The maximum atomic E-state index is 15.6. The van der Waals surface area contributed by atoms with Gasteiger partial charge >= 0.3 is 18.0 Å². The molecule has 6 saturated heterocycles. The number of amides is 1. The van der Waals surface area contributed by atoms with Gasteiger partial charge in [-0.3, -0.25) is 24.5 Å². The highest BCUT2D eigenvalue weighted by Crippen LogP contribution is 2.61. The van der Waals surface area contributed by atoms with Gasteiger partial charge in [-0.05, 0) is 109 Å². The molecule has 7 fully saturated rings. The number of aliphatic hydroxyl groups excluding tert-OH is 4. The number of hydrogen-bond donors (Lipinski definition) is 5. The van der Waals surface area contributed by atoms with Crippen molar-refractivity contribution in [2.45, 2.75) is 281 Å². The van der Waals surface area contributed by atoms with Crippen LogP contribution in [0.25, 0.3) is 0 Å². The minimum atomic E-state index is -2.20. The third kappa shape index (κ3) is 14.0. The Hall–Kier alpha value is -5.07. The van der Waals surface area contributed by atoms with Crippen molar-refractivity contribution in [3.63, 3.8) is 0 Å². The molecule has 26 nitrogen and oxygen atoms in total. The van der Waals surface area contributed by atoms with Gasteiger partial charge in [-0.2, -0.15) is 0 Å². The Labute approximate surface area is 542 Å². The predicted octanol–water partition coefficient (Wildman–Crippen LogP) is 6.36. The van der Waals surface area contributed by atoms with Gasteiger partial charge in [0.05, 0.1) is 86.6 Å². The molecule has 4 unspecified atom stereocenters. The van der Waals surface area contributed by atoms with E-state index < -0.39 is 210 Å². The molecule has 5 N–H and O–H groups in total. The molecule has 26 heteroatoms. The molecule has 4 aliphatic carbocycles. The van der Waals surface area contributed by atoms with Crippen molar-refractivity contribution in [1.29, 1.82) is 0 Å². The summed E-state index contributed by atoms with van der Waals surface area (Å²) in [5, 5.41) is 62.0. The summed E-state index contributed by atoms with van der Waals surface area (Å²) < 4.78 is 81.5. The number of hydrogen-bond acceptors (Lipinski definition) is 24. The highest BCUT2D eigenvalue weighted by molar-refractivity contribution is 6.26. The van der Waals surface area contributed by atoms with Crippen LogP contribution in [0.15, 0.2) is 58.4 Å². The monoisotopic (exact) mass is 1310 g/mol. The summed E-state index contributed by atoms with van der Waals surface area (Å²) in [5.41, 5.74) is -4.91. The van der Waals surface area contributed by atoms with Gasteiger partial charge in [-0.15, -0.1) is 0 Å². The van der Waals surface area contributed by atoms with Gasteiger partial charge in [0.1, 0.15) is 35.9 Å². The largest absolute Gasteiger partial charge is 0.511 e. The number of alkyl carbamates (subject to hydrolysis) is 1. The molecule has 6 aliphatic heterocycles. The lowest BCUT2D eigenvalue weighted by atomic mass is 9.49. The molecule has 6 heterocycles. The number of allylic oxidation sites excluding steroid dienone is 3. The molecule has 1 amide bonds. The number of ether oxygens (including phenoxy) is 13. The van der Waals surface area contributed by atoms with Crippen LogP contribution in [0.1, 0.15) is 147 Å². The summed E-state index contributed by atoms with van der Waals surface area (Å²) in [6.45, 7) is 21.0. The number of Topliss-reactive ketones (excluding diaryl/α,β-unsaturated/α-hetero) is 1. The number of fused-ring (bicyclic) bond motifs is 4. The quantitative estimate of drug-likeness (QED) is 0.0240. The van der Waals surface area contributed by atoms with Gasteiger partial charge in [-0.25, -0.2) is 9.59 Å². The average Bonchev–Trinajstić information content (AvgIpc) is 1.68. The lowest BCUT2D eigenvalue weighted by molar-refractivity contribution is -0.584. The van der Waals surface area contributed by atoms with Gasteiger partial charge in [0.15, 0.2) is 43.2 Å². The van der Waals surface area contributed by atoms with Crippen LogP contribution in [0.3, 0.4) is 0 Å². The van der Waals surface area contributed by atoms with Crippen molar-refractivity contribution >= 4 is 30.1 Å². The second-order valence-electron chi connectivity index (χ2n) is 28.2. The molecule has 10 rings (SSSR count). The topological polar surface area (TPSA) is 341 Å². The minimum Gasteiger partial charge on any atom is -0.511 e. The number of nitro groups is 1. The fraction of sp³-hybridized carbons (Fsp3) is 0.776. The molecule has 0 aromatic heterocycles. The van der Waals surface area contributed by atoms with E-state index in [4.69, 9.17) is 61.6 Å². The Morgan fingerprint density at radius 3 is 2.01 bits per heavy atom. The fourth-order valence-corrected chi connectivity index (χ4v) is 16.9. The zero-order valence-electron chi connectivity index (χ0n) is 55.4. The Balaban J connectivity index is 0.904. The van der Waals surface area contributed by atoms with Crippen molar-refractivity contribution in [2.24, 2.45) is 40.9 Å². The third-order valence-electron chi connectivity index (χ3n) is 21.7. The number of aldehydes is 1. The lowest BCUT2D eigenvalue weighted by Crippen LogP contribution is -2.65. The van der Waals surface area contributed by atoms with Crippen LogP contribution in [0.2, 0.25) is 0 Å². The standard InChI is InChI=1S/C67H96N2O24/c1-30-14-18-47(88-54-28-65(11,69(79)80)60(38(9)86-54)68-64(78)81-13)31(2)23-43-45(73)24-40(29-70)27-67(43)62(76)55(63(77)93-67)61(75)66(12)42(30)16-15-41-56(66)32(3)22-33(4)57(41)92-53-26-49(59(37(8)85-53)87-39(10)71)90-50-21-19-48(35(6)83-50)89-52-25-46(74)58(36(7)84-52)91-51-20-17-44(72)34(5)82-51/h14-16,23-24,29,32-38,41-54,56-60,72-75H,17-22,25-28H2,1-13H3,(H,68,78)/b30-14+,31-23?,61-55?/t32-,33-,34-,35-,36-,37-,38+,41-,42+,43+,44?,45-,46+,47-,48?,49+,50-,51-,52-,53-,54-,56+,57-,58?,59-,60-,65-,66+,67?/m0/s1. The van der Waals surface area contributed by atoms with Gasteiger partial charge in [0.2, 0.25) is 11.3 Å². The van der Waals surface area contributed by atoms with Gasteiger partial charge in [-0.1, -0.05) is 50.6 Å². The fourth-order valence-electron chi connectivity index (χ4n) is 16.9. The van der Waals surface area contributed by atoms with E-state index in [1.54, 1.807) is 33.8 Å². The number of methoxy groups -OCH3 is 1. The van der Waals surface area contributed by atoms with E-state index in [-0.39, 0.29) is 43.1 Å². The maximum Gasteiger partial charge on any atom is 0.407 e. The predicted molar refractivity (Wildman–Crippen MR) is 325 cm³/mol. The Morgan fingerprint density at radius 2 is 1.35 bits per heavy atom. The summed E-state index contributed by atoms with van der Waals surface area (Å²) in [6.07, 6.45) is -4.21. The van der Waals surface area contributed by atoms with Gasteiger partial charge in [0.25, 0.3) is 0 Å². The van der Waals surface area contributed by atoms with E-state index >= 15 is 4.79 Å². The first-order valence-corrected chi connectivity index (χ1v) is 33.1. The highest BCUT2D eigenvalue weighted by Gasteiger charge is 2.65. The SMILES string of the molecule is COC(=O)N[C@H]1[C@@H](C)O[C@@H](O[C@H]2C/C=C(\C)[C@H]3C=C[C@@H]4[C@@H](O[C@H]5C[C@@H](O[C@H]6CCC(O[C@H]7C[C@@H](O)C(O[C@H]8CCC(O)[C@H](C)O8)[C@H](C)O7)[C@H](C)O6)[C@@H](OC(C)=O)[C@H](C)O5)[C@@H](C)C[C@H](C)[C@H]4[C@]3(C)C(O)=C3C(=O)OC4(CC(C=O)=C[C@H](O)[C@H]4C=C2C)C3=O)C[C@]1(C)[N+](=O)[O-]. The second kappa shape index (κ2) is 28.2. The summed E-state index contributed by atoms with van der Waals surface area (Å²) >= 11 is 0. The number of esters is 2. The zero-order valence-corrected chi connectivity index (χ0v) is 55.4. The Bertz CT molecular complexity index is 2960. The molecular formula is C67H96N2O24. The number of carbonyl (C=O) groups excluding carboxylic acids is 5. The van der Waals surface area contributed by atoms with Crippen LogP contribution in [-0.4, -0.2) is 197 Å². The normalized spacial score (nSPS) is 46.8. The van der Waals surface area contributed by atoms with Crippen LogP contribution in [0.4, 0.5) is 4.79 Å². The summed E-state index contributed by atoms with van der Waals surface area (Å²) in [4.78, 5) is 80.4. The van der Waals surface area contributed by atoms with E-state index in [0.717, 1.165) is 7.11 Å². The van der Waals surface area contributed by atoms with Crippen molar-refractivity contribution in [3.8, 4) is 0 Å². The van der Waals surface area contributed by atoms with Gasteiger partial charge in [0, 0.05) is 68.1 Å². The highest BCUT2D eigenvalue weighted by atomic mass is 16.8. The van der Waals surface area contributed by atoms with Crippen molar-refractivity contribution < 1.29 is 111 Å². The molecule has 93 heavy (non-hydrogen) atoms. The first kappa shape index (κ1) is 70.7. The number of nitrogens with zero attached hydrogens (tertiary/aromatic N) is 1. The smallest absolute Gasteiger partial charge is 0.407 e. The summed E-state index contributed by atoms with van der Waals surface area (Å²) in [5.74, 6) is -6.46. The summed E-state index contributed by atoms with van der Waals surface area (Å²) in [6, 6.07) is -1.12. The molecule has 0 aromatic rings. The van der Waals surface area contributed by atoms with Crippen molar-refractivity contribution in [1.82, 2.24) is 5.32 Å². The van der Waals surface area contributed by atoms with Crippen LogP contribution in [0.5, 0.6) is 0 Å². The van der Waals surface area contributed by atoms with E-state index in [0.29, 0.717) is 49.5 Å². The number of ketones is 1. The van der Waals surface area contributed by atoms with Gasteiger partial charge < -0.3 is 87.3 Å². The van der Waals surface area contributed by atoms with Crippen LogP contribution in [0, 0.1) is 51.0 Å². The molecule has 0 aromatic carbocycles. The molecule has 0 radical (unpaired) electrons. The minimum absolute atomic E-state index is 0.00196. The molecule has 2 bridgehead atoms. The molecule has 1 saturated carbocycles. The second-order valence-corrected chi connectivity index (χ2v) is 28.2. The maximum absolute atomic E-state index is 15.6. The zero-order chi connectivity index (χ0) is 67.5. The number of carbonyl (C=O) groups is 5. The molecule has 518 valence electrons. The van der Waals surface area contributed by atoms with E-state index in [1.165, 1.54) is 19.9 Å². The third-order valence-corrected chi connectivity index (χ3v) is 21.7. The number of aliphatic hydroxyl groups is 4. The first-order valence-electron chi connectivity index (χ1n) is 33.1. The summed E-state index contributed by atoms with van der Waals surface area (Å²) in [7, 11) is 1.15. The number of rotatable bonds is 14. The van der Waals surface area contributed by atoms with Crippen LogP contribution in [-0.2, 0) is 80.8 Å². The van der Waals surface area contributed by atoms with Crippen LogP contribution < -0.4 is 5.32 Å². The lowest BCUT2D eigenvalue weighted by Gasteiger charge is -2.56. The van der Waals surface area contributed by atoms with Crippen LogP contribution >= 0.6 is 0 Å². The number of nitrogens with one attached hydrogen (secondary N) is 1. The Kier molecular flexibility index (Phi) is 21.4. The van der Waals surface area contributed by atoms with E-state index in [1.807, 2.05) is 39.8 Å². The molecule has 1 spiro atoms. The molecular weight excluding hydrogens is 1220 g/mol. The van der Waals surface area contributed by atoms with E-state index in [2.05, 4.69) is 25.2 Å². The van der Waals surface area contributed by atoms with E-state index in [9.17, 15) is 49.7 Å². The van der Waals surface area contributed by atoms with Crippen molar-refractivity contribution in [3.05, 3.63) is 68.5 Å².